The summed E-state index contributed by atoms with van der Waals surface area (Å²) in [7, 11) is 3.14. The Bertz CT molecular complexity index is 473. The molecule has 1 aliphatic heterocycles. The number of nitrogens with zero attached hydrogens (tertiary/aromatic N) is 1. The highest BCUT2D eigenvalue weighted by molar-refractivity contribution is 5.78. The highest BCUT2D eigenvalue weighted by atomic mass is 16.5. The SMILES string of the molecule is COc1cc(C)cc(OC)c1OCC(=O)N1CCNCC1. The van der Waals surface area contributed by atoms with E-state index < -0.39 is 0 Å². The number of rotatable bonds is 5. The molecule has 0 spiro atoms. The van der Waals surface area contributed by atoms with Crippen LogP contribution in [0.2, 0.25) is 0 Å². The van der Waals surface area contributed by atoms with E-state index in [0.29, 0.717) is 30.3 Å². The van der Waals surface area contributed by atoms with E-state index in [1.54, 1.807) is 19.1 Å². The monoisotopic (exact) mass is 294 g/mol. The van der Waals surface area contributed by atoms with Gasteiger partial charge in [-0.1, -0.05) is 0 Å². The van der Waals surface area contributed by atoms with E-state index in [9.17, 15) is 4.79 Å². The Kier molecular flexibility index (Phi) is 5.27. The predicted octanol–water partition coefficient (Wildman–Crippen LogP) is 0.823. The predicted molar refractivity (Wildman–Crippen MR) is 79.2 cm³/mol. The number of amides is 1. The molecule has 116 valence electrons. The number of piperazine rings is 1. The van der Waals surface area contributed by atoms with Crippen molar-refractivity contribution in [3.05, 3.63) is 17.7 Å². The number of aryl methyl sites for hydroxylation is 1. The second-order valence-electron chi connectivity index (χ2n) is 4.92. The molecule has 1 fully saturated rings. The third-order valence-electron chi connectivity index (χ3n) is 3.41. The van der Waals surface area contributed by atoms with Gasteiger partial charge in [0.05, 0.1) is 14.2 Å². The van der Waals surface area contributed by atoms with Crippen LogP contribution >= 0.6 is 0 Å². The Balaban J connectivity index is 2.06. The summed E-state index contributed by atoms with van der Waals surface area (Å²) in [5, 5.41) is 3.21. The molecule has 6 nitrogen and oxygen atoms in total. The van der Waals surface area contributed by atoms with Crippen molar-refractivity contribution >= 4 is 5.91 Å². The van der Waals surface area contributed by atoms with Crippen LogP contribution in [0, 0.1) is 6.92 Å². The molecule has 0 saturated carbocycles. The molecule has 0 unspecified atom stereocenters. The van der Waals surface area contributed by atoms with Gasteiger partial charge in [-0.3, -0.25) is 4.79 Å². The average Bonchev–Trinajstić information content (AvgIpc) is 2.53. The summed E-state index contributed by atoms with van der Waals surface area (Å²) in [6, 6.07) is 3.71. The van der Waals surface area contributed by atoms with Crippen LogP contribution in [0.4, 0.5) is 0 Å². The Hall–Kier alpha value is -1.95. The molecule has 1 N–H and O–H groups in total. The van der Waals surface area contributed by atoms with Crippen LogP contribution in [0.3, 0.4) is 0 Å². The molecule has 1 aliphatic rings. The minimum absolute atomic E-state index is 0.0181. The molecule has 21 heavy (non-hydrogen) atoms. The van der Waals surface area contributed by atoms with Gasteiger partial charge in [0.25, 0.3) is 5.91 Å². The first-order valence-corrected chi connectivity index (χ1v) is 6.99. The molecule has 1 amide bonds. The van der Waals surface area contributed by atoms with Crippen molar-refractivity contribution in [2.45, 2.75) is 6.92 Å². The second kappa shape index (κ2) is 7.17. The van der Waals surface area contributed by atoms with Crippen molar-refractivity contribution in [2.75, 3.05) is 47.0 Å². The summed E-state index contributed by atoms with van der Waals surface area (Å²) in [6.07, 6.45) is 0. The number of nitrogens with one attached hydrogen (secondary N) is 1. The van der Waals surface area contributed by atoms with Crippen molar-refractivity contribution in [1.29, 1.82) is 0 Å². The molecule has 0 radical (unpaired) electrons. The van der Waals surface area contributed by atoms with Gasteiger partial charge >= 0.3 is 0 Å². The van der Waals surface area contributed by atoms with Gasteiger partial charge in [0.1, 0.15) is 0 Å². The van der Waals surface area contributed by atoms with Crippen molar-refractivity contribution < 1.29 is 19.0 Å². The number of ether oxygens (including phenoxy) is 3. The highest BCUT2D eigenvalue weighted by Gasteiger charge is 2.19. The normalized spacial score (nSPS) is 14.7. The third kappa shape index (κ3) is 3.78. The van der Waals surface area contributed by atoms with Crippen molar-refractivity contribution in [3.8, 4) is 17.2 Å². The van der Waals surface area contributed by atoms with Gasteiger partial charge in [-0.25, -0.2) is 0 Å². The van der Waals surface area contributed by atoms with Gasteiger partial charge in [-0.2, -0.15) is 0 Å². The molecule has 6 heteroatoms. The number of hydrogen-bond acceptors (Lipinski definition) is 5. The molecule has 2 rings (SSSR count). The lowest BCUT2D eigenvalue weighted by Gasteiger charge is -2.27. The van der Waals surface area contributed by atoms with Crippen LogP contribution < -0.4 is 19.5 Å². The quantitative estimate of drug-likeness (QED) is 0.871. The molecule has 0 aromatic heterocycles. The van der Waals surface area contributed by atoms with Gasteiger partial charge in [-0.05, 0) is 24.6 Å². The maximum atomic E-state index is 12.1. The van der Waals surface area contributed by atoms with E-state index in [1.807, 2.05) is 19.1 Å². The van der Waals surface area contributed by atoms with E-state index >= 15 is 0 Å². The van der Waals surface area contributed by atoms with E-state index in [-0.39, 0.29) is 12.5 Å². The van der Waals surface area contributed by atoms with Crippen LogP contribution in [0.1, 0.15) is 5.56 Å². The molecule has 0 bridgehead atoms. The lowest BCUT2D eigenvalue weighted by Crippen LogP contribution is -2.47. The Labute approximate surface area is 125 Å². The summed E-state index contributed by atoms with van der Waals surface area (Å²) in [6.45, 7) is 5.00. The van der Waals surface area contributed by atoms with Crippen LogP contribution in [0.15, 0.2) is 12.1 Å². The third-order valence-corrected chi connectivity index (χ3v) is 3.41. The molecule has 1 aromatic carbocycles. The zero-order valence-corrected chi connectivity index (χ0v) is 12.8. The van der Waals surface area contributed by atoms with Crippen LogP contribution in [-0.4, -0.2) is 57.8 Å². The van der Waals surface area contributed by atoms with Gasteiger partial charge in [0.2, 0.25) is 5.75 Å². The van der Waals surface area contributed by atoms with E-state index in [1.165, 1.54) is 0 Å². The minimum Gasteiger partial charge on any atom is -0.493 e. The fourth-order valence-corrected chi connectivity index (χ4v) is 2.29. The summed E-state index contributed by atoms with van der Waals surface area (Å²) < 4.78 is 16.3. The maximum absolute atomic E-state index is 12.1. The summed E-state index contributed by atoms with van der Waals surface area (Å²) in [5.74, 6) is 1.58. The largest absolute Gasteiger partial charge is 0.493 e. The van der Waals surface area contributed by atoms with Gasteiger partial charge in [-0.15, -0.1) is 0 Å². The van der Waals surface area contributed by atoms with E-state index in [2.05, 4.69) is 5.32 Å². The Morgan fingerprint density at radius 1 is 1.19 bits per heavy atom. The van der Waals surface area contributed by atoms with E-state index in [4.69, 9.17) is 14.2 Å². The number of methoxy groups -OCH3 is 2. The zero-order chi connectivity index (χ0) is 15.2. The molecule has 1 saturated heterocycles. The lowest BCUT2D eigenvalue weighted by molar-refractivity contribution is -0.133. The van der Waals surface area contributed by atoms with Crippen molar-refractivity contribution in [3.63, 3.8) is 0 Å². The van der Waals surface area contributed by atoms with Crippen molar-refractivity contribution in [2.24, 2.45) is 0 Å². The summed E-state index contributed by atoms with van der Waals surface area (Å²) in [5.41, 5.74) is 1.00. The first-order valence-electron chi connectivity index (χ1n) is 6.99. The molecular weight excluding hydrogens is 272 g/mol. The Morgan fingerprint density at radius 3 is 2.29 bits per heavy atom. The average molecular weight is 294 g/mol. The number of hydrogen-bond donors (Lipinski definition) is 1. The number of benzene rings is 1. The Morgan fingerprint density at radius 2 is 1.76 bits per heavy atom. The molecule has 0 aliphatic carbocycles. The fraction of sp³-hybridized carbons (Fsp3) is 0.533. The molecular formula is C15H22N2O4. The standard InChI is InChI=1S/C15H22N2O4/c1-11-8-12(19-2)15(13(9-11)20-3)21-10-14(18)17-6-4-16-5-7-17/h8-9,16H,4-7,10H2,1-3H3. The lowest BCUT2D eigenvalue weighted by atomic mass is 10.2. The number of carbonyl (C=O) groups is 1. The smallest absolute Gasteiger partial charge is 0.260 e. The molecule has 1 heterocycles. The minimum atomic E-state index is -0.0267. The first-order chi connectivity index (χ1) is 10.2. The summed E-state index contributed by atoms with van der Waals surface area (Å²) in [4.78, 5) is 13.9. The highest BCUT2D eigenvalue weighted by Crippen LogP contribution is 2.38. The van der Waals surface area contributed by atoms with Gasteiger partial charge < -0.3 is 24.4 Å². The van der Waals surface area contributed by atoms with Crippen LogP contribution in [0.5, 0.6) is 17.2 Å². The zero-order valence-electron chi connectivity index (χ0n) is 12.8. The van der Waals surface area contributed by atoms with Gasteiger partial charge in [0.15, 0.2) is 18.1 Å². The van der Waals surface area contributed by atoms with Crippen molar-refractivity contribution in [1.82, 2.24) is 10.2 Å². The topological polar surface area (TPSA) is 60.0 Å². The fourth-order valence-electron chi connectivity index (χ4n) is 2.29. The molecule has 0 atom stereocenters. The first kappa shape index (κ1) is 15.4. The number of carbonyl (C=O) groups excluding carboxylic acids is 1. The van der Waals surface area contributed by atoms with E-state index in [0.717, 1.165) is 18.7 Å². The second-order valence-corrected chi connectivity index (χ2v) is 4.92. The summed E-state index contributed by atoms with van der Waals surface area (Å²) >= 11 is 0. The van der Waals surface area contributed by atoms with Crippen LogP contribution in [0.25, 0.3) is 0 Å². The van der Waals surface area contributed by atoms with Crippen LogP contribution in [-0.2, 0) is 4.79 Å². The molecule has 1 aromatic rings. The van der Waals surface area contributed by atoms with Gasteiger partial charge in [0, 0.05) is 26.2 Å². The maximum Gasteiger partial charge on any atom is 0.260 e.